The predicted molar refractivity (Wildman–Crippen MR) is 226 cm³/mol. The lowest BCUT2D eigenvalue weighted by atomic mass is 9.97. The molecule has 8 rings (SSSR count). The van der Waals surface area contributed by atoms with Gasteiger partial charge in [0, 0.05) is 56.4 Å². The molecule has 6 heterocycles. The molecule has 0 saturated heterocycles. The van der Waals surface area contributed by atoms with Gasteiger partial charge in [0.25, 0.3) is 0 Å². The van der Waals surface area contributed by atoms with Gasteiger partial charge in [0.2, 0.25) is 0 Å². The van der Waals surface area contributed by atoms with Crippen molar-refractivity contribution in [2.24, 2.45) is 9.98 Å². The van der Waals surface area contributed by atoms with Gasteiger partial charge in [0.05, 0.1) is 29.8 Å². The molecule has 296 valence electrons. The number of benzene rings is 2. The zero-order valence-electron chi connectivity index (χ0n) is 32.6. The first-order chi connectivity index (χ1) is 27.8. The van der Waals surface area contributed by atoms with E-state index in [0.29, 0.717) is 44.5 Å². The van der Waals surface area contributed by atoms with Crippen LogP contribution in [-0.4, -0.2) is 65.6 Å². The second-order valence-electron chi connectivity index (χ2n) is 14.4. The smallest absolute Gasteiger partial charge is 0.308 e. The highest BCUT2D eigenvalue weighted by atomic mass is 35.5. The van der Waals surface area contributed by atoms with E-state index in [0.717, 1.165) is 59.8 Å². The summed E-state index contributed by atoms with van der Waals surface area (Å²) in [5.41, 5.74) is 6.67. The van der Waals surface area contributed by atoms with Gasteiger partial charge in [-0.15, -0.1) is 43.1 Å². The zero-order chi connectivity index (χ0) is 41.0. The third-order valence-electron chi connectivity index (χ3n) is 10.6. The number of aryl methyl sites for hydroxylation is 3. The van der Waals surface area contributed by atoms with Crippen LogP contribution in [0.15, 0.2) is 58.5 Å². The fourth-order valence-corrected chi connectivity index (χ4v) is 10.3. The van der Waals surface area contributed by atoms with Gasteiger partial charge < -0.3 is 4.74 Å². The summed E-state index contributed by atoms with van der Waals surface area (Å²) in [6.07, 6.45) is 0.764. The molecular formula is C42H38Cl2N8O4S2. The first kappa shape index (κ1) is 39.7. The lowest BCUT2D eigenvalue weighted by molar-refractivity contribution is -0.141. The standard InChI is InChI=1S/C42H38Cl2N8O4S2/c1-20-22(3)57-41-34(20)36(25-10-14-27(43)15-11-25)45-30(39-49-47-23(4)51(39)41)18-29(53)8-7-9-32(54)38-21(2)35-37(26-12-16-28(44)17-13-26)46-31(19-33(55)56-6)40-50-48-24(5)52(40)42(35)58-38/h10-17,30-31H,7-9,18-19H2,1-6H3. The number of esters is 1. The third-order valence-corrected chi connectivity index (χ3v) is 13.6. The summed E-state index contributed by atoms with van der Waals surface area (Å²) < 4.78 is 8.91. The number of thiophene rings is 2. The van der Waals surface area contributed by atoms with E-state index in [4.69, 9.17) is 37.9 Å². The van der Waals surface area contributed by atoms with Gasteiger partial charge in [-0.25, -0.2) is 0 Å². The van der Waals surface area contributed by atoms with Crippen molar-refractivity contribution in [3.63, 3.8) is 0 Å². The molecule has 0 fully saturated rings. The third kappa shape index (κ3) is 7.16. The Bertz CT molecular complexity index is 2690. The number of ether oxygens (including phenoxy) is 1. The number of aliphatic imine (C=N–C) groups is 2. The van der Waals surface area contributed by atoms with E-state index in [1.165, 1.54) is 18.4 Å². The first-order valence-electron chi connectivity index (χ1n) is 18.7. The van der Waals surface area contributed by atoms with Crippen molar-refractivity contribution >= 4 is 74.8 Å². The van der Waals surface area contributed by atoms with Gasteiger partial charge in [-0.3, -0.25) is 33.5 Å². The fraction of sp³-hybridized carbons (Fsp3) is 0.310. The zero-order valence-corrected chi connectivity index (χ0v) is 35.7. The first-order valence-corrected chi connectivity index (χ1v) is 21.1. The van der Waals surface area contributed by atoms with Crippen LogP contribution < -0.4 is 0 Å². The average Bonchev–Trinajstić information content (AvgIpc) is 3.90. The molecule has 58 heavy (non-hydrogen) atoms. The minimum Gasteiger partial charge on any atom is -0.469 e. The molecule has 0 spiro atoms. The van der Waals surface area contributed by atoms with Crippen LogP contribution in [0.5, 0.6) is 0 Å². The highest BCUT2D eigenvalue weighted by Crippen LogP contribution is 2.42. The summed E-state index contributed by atoms with van der Waals surface area (Å²) in [4.78, 5) is 52.5. The van der Waals surface area contributed by atoms with Gasteiger partial charge >= 0.3 is 5.97 Å². The van der Waals surface area contributed by atoms with Crippen molar-refractivity contribution in [1.82, 2.24) is 29.5 Å². The molecule has 2 atom stereocenters. The van der Waals surface area contributed by atoms with Gasteiger partial charge in [0.15, 0.2) is 17.4 Å². The second-order valence-corrected chi connectivity index (χ2v) is 17.5. The fourth-order valence-electron chi connectivity index (χ4n) is 7.54. The van der Waals surface area contributed by atoms with Gasteiger partial charge in [-0.05, 0) is 76.4 Å². The van der Waals surface area contributed by atoms with E-state index < -0.39 is 18.1 Å². The number of carbonyl (C=O) groups excluding carboxylic acids is 3. The average molecular weight is 854 g/mol. The molecule has 16 heteroatoms. The second kappa shape index (κ2) is 15.9. The highest BCUT2D eigenvalue weighted by Gasteiger charge is 2.35. The predicted octanol–water partition coefficient (Wildman–Crippen LogP) is 9.18. The molecule has 12 nitrogen and oxygen atoms in total. The minimum atomic E-state index is -0.679. The van der Waals surface area contributed by atoms with E-state index in [1.807, 2.05) is 66.3 Å². The normalized spacial score (nSPS) is 15.7. The summed E-state index contributed by atoms with van der Waals surface area (Å²) >= 11 is 15.5. The van der Waals surface area contributed by atoms with Crippen molar-refractivity contribution in [2.45, 2.75) is 78.8 Å². The highest BCUT2D eigenvalue weighted by molar-refractivity contribution is 7.17. The largest absolute Gasteiger partial charge is 0.469 e. The Labute approximate surface area is 352 Å². The molecule has 0 amide bonds. The Kier molecular flexibility index (Phi) is 10.9. The Morgan fingerprint density at radius 3 is 1.71 bits per heavy atom. The number of halogens is 2. The van der Waals surface area contributed by atoms with Crippen LogP contribution in [-0.2, 0) is 14.3 Å². The summed E-state index contributed by atoms with van der Waals surface area (Å²) in [6.45, 7) is 9.82. The molecule has 4 aromatic heterocycles. The number of nitrogens with zero attached hydrogens (tertiary/aromatic N) is 8. The number of fused-ring (bicyclic) bond motifs is 6. The summed E-state index contributed by atoms with van der Waals surface area (Å²) in [7, 11) is 1.34. The number of rotatable bonds is 11. The van der Waals surface area contributed by atoms with Crippen LogP contribution >= 0.6 is 45.9 Å². The SMILES string of the molecule is COC(=O)CC1N=C(c2ccc(Cl)cc2)c2c(sc(C(=O)CCCC(=O)CC3N=C(c4ccc(Cl)cc4)c4c(sc(C)c4C)-n4c(C)nnc43)c2C)-n2c(C)nnc21. The molecule has 0 radical (unpaired) electrons. The topological polar surface area (TPSA) is 147 Å². The summed E-state index contributed by atoms with van der Waals surface area (Å²) in [6, 6.07) is 13.6. The molecule has 0 bridgehead atoms. The molecule has 2 aliphatic rings. The van der Waals surface area contributed by atoms with E-state index in [2.05, 4.69) is 34.2 Å². The van der Waals surface area contributed by atoms with Crippen LogP contribution in [0.3, 0.4) is 0 Å². The molecule has 0 aliphatic carbocycles. The van der Waals surface area contributed by atoms with E-state index in [9.17, 15) is 14.4 Å². The maximum Gasteiger partial charge on any atom is 0.308 e. The van der Waals surface area contributed by atoms with Crippen LogP contribution in [0.25, 0.3) is 10.0 Å². The summed E-state index contributed by atoms with van der Waals surface area (Å²) in [5, 5.41) is 20.6. The summed E-state index contributed by atoms with van der Waals surface area (Å²) in [5.74, 6) is 1.85. The van der Waals surface area contributed by atoms with E-state index >= 15 is 0 Å². The van der Waals surface area contributed by atoms with Gasteiger partial charge in [-0.1, -0.05) is 47.5 Å². The van der Waals surface area contributed by atoms with Crippen molar-refractivity contribution in [2.75, 3.05) is 7.11 Å². The van der Waals surface area contributed by atoms with E-state index in [1.54, 1.807) is 23.5 Å². The Hall–Kier alpha value is -5.15. The molecule has 0 saturated carbocycles. The van der Waals surface area contributed by atoms with Gasteiger partial charge in [-0.2, -0.15) is 0 Å². The van der Waals surface area contributed by atoms with Crippen molar-refractivity contribution in [3.05, 3.63) is 125 Å². The van der Waals surface area contributed by atoms with E-state index in [-0.39, 0.29) is 37.2 Å². The quantitative estimate of drug-likeness (QED) is 0.0927. The number of aromatic nitrogens is 6. The van der Waals surface area contributed by atoms with Crippen LogP contribution in [0.1, 0.15) is 115 Å². The number of ketones is 2. The molecule has 2 unspecified atom stereocenters. The molecule has 2 aromatic carbocycles. The van der Waals surface area contributed by atoms with Crippen LogP contribution in [0.2, 0.25) is 10.0 Å². The van der Waals surface area contributed by atoms with Crippen LogP contribution in [0.4, 0.5) is 0 Å². The lowest BCUT2D eigenvalue weighted by Gasteiger charge is -2.12. The lowest BCUT2D eigenvalue weighted by Crippen LogP contribution is -2.12. The molecular weight excluding hydrogens is 816 g/mol. The molecule has 6 aromatic rings. The number of hydrogen-bond acceptors (Lipinski definition) is 12. The number of Topliss-reactive ketones (excluding diaryl/α,β-unsaturated/α-hetero) is 2. The van der Waals surface area contributed by atoms with Crippen molar-refractivity contribution < 1.29 is 19.1 Å². The number of carbonyl (C=O) groups is 3. The Morgan fingerprint density at radius 1 is 0.672 bits per heavy atom. The number of methoxy groups -OCH3 is 1. The van der Waals surface area contributed by atoms with Crippen molar-refractivity contribution in [3.8, 4) is 10.0 Å². The molecule has 0 N–H and O–H groups in total. The molecule has 2 aliphatic heterocycles. The Balaban J connectivity index is 1.06. The minimum absolute atomic E-state index is 0.0281. The van der Waals surface area contributed by atoms with Crippen molar-refractivity contribution in [1.29, 1.82) is 0 Å². The van der Waals surface area contributed by atoms with Gasteiger partial charge in [0.1, 0.15) is 39.5 Å². The van der Waals surface area contributed by atoms with Crippen LogP contribution in [0, 0.1) is 34.6 Å². The maximum absolute atomic E-state index is 14.1. The maximum atomic E-state index is 14.1. The Morgan fingerprint density at radius 2 is 1.17 bits per heavy atom. The number of hydrogen-bond donors (Lipinski definition) is 0. The monoisotopic (exact) mass is 852 g/mol.